The molecule has 1 saturated heterocycles. The number of hydrogen-bond acceptors (Lipinski definition) is 4. The number of ether oxygens (including phenoxy) is 1. The highest BCUT2D eigenvalue weighted by molar-refractivity contribution is 7.89. The Bertz CT molecular complexity index is 577. The van der Waals surface area contributed by atoms with Crippen molar-refractivity contribution in [3.05, 3.63) is 24.3 Å². The van der Waals surface area contributed by atoms with Gasteiger partial charge in [-0.2, -0.15) is 4.31 Å². The summed E-state index contributed by atoms with van der Waals surface area (Å²) in [6.07, 6.45) is 1.82. The average Bonchev–Trinajstić information content (AvgIpc) is 3.01. The zero-order chi connectivity index (χ0) is 15.3. The number of hydrogen-bond donors (Lipinski definition) is 1. The van der Waals surface area contributed by atoms with Crippen molar-refractivity contribution in [1.82, 2.24) is 9.62 Å². The number of carbonyl (C=O) groups is 1. The molecular formula is C14H20N2O4S. The summed E-state index contributed by atoms with van der Waals surface area (Å²) >= 11 is 0. The molecular weight excluding hydrogens is 292 g/mol. The van der Waals surface area contributed by atoms with E-state index >= 15 is 0 Å². The van der Waals surface area contributed by atoms with Gasteiger partial charge in [0.15, 0.2) is 6.61 Å². The molecule has 0 aromatic heterocycles. The second-order valence-corrected chi connectivity index (χ2v) is 6.76. The number of sulfonamides is 1. The maximum Gasteiger partial charge on any atom is 0.257 e. The molecule has 0 unspecified atom stereocenters. The lowest BCUT2D eigenvalue weighted by Crippen LogP contribution is -2.28. The normalized spacial score (nSPS) is 15.9. The van der Waals surface area contributed by atoms with Crippen molar-refractivity contribution < 1.29 is 17.9 Å². The molecule has 1 aliphatic rings. The second-order valence-electron chi connectivity index (χ2n) is 4.82. The summed E-state index contributed by atoms with van der Waals surface area (Å²) in [6.45, 7) is 3.47. The lowest BCUT2D eigenvalue weighted by Gasteiger charge is -2.15. The quantitative estimate of drug-likeness (QED) is 0.850. The van der Waals surface area contributed by atoms with Crippen molar-refractivity contribution in [3.63, 3.8) is 0 Å². The van der Waals surface area contributed by atoms with Gasteiger partial charge >= 0.3 is 0 Å². The van der Waals surface area contributed by atoms with Crippen LogP contribution in [0.5, 0.6) is 5.75 Å². The first-order valence-corrected chi connectivity index (χ1v) is 8.48. The molecule has 1 heterocycles. The van der Waals surface area contributed by atoms with Crippen molar-refractivity contribution in [2.45, 2.75) is 24.7 Å². The van der Waals surface area contributed by atoms with Gasteiger partial charge in [-0.3, -0.25) is 4.79 Å². The SMILES string of the molecule is CCNC(=O)COc1ccc(S(=O)(=O)N2CCCC2)cc1. The molecule has 0 spiro atoms. The summed E-state index contributed by atoms with van der Waals surface area (Å²) in [5.41, 5.74) is 0. The predicted octanol–water partition coefficient (Wildman–Crippen LogP) is 0.986. The Morgan fingerprint density at radius 3 is 2.43 bits per heavy atom. The standard InChI is InChI=1S/C14H20N2O4S/c1-2-15-14(17)11-20-12-5-7-13(8-6-12)21(18,19)16-9-3-4-10-16/h5-8H,2-4,9-11H2,1H3,(H,15,17). The van der Waals surface area contributed by atoms with Gasteiger partial charge in [-0.1, -0.05) is 0 Å². The van der Waals surface area contributed by atoms with E-state index in [1.165, 1.54) is 16.4 Å². The highest BCUT2D eigenvalue weighted by Crippen LogP contribution is 2.22. The number of likely N-dealkylation sites (N-methyl/N-ethyl adjacent to an activating group) is 1. The third-order valence-electron chi connectivity index (χ3n) is 3.27. The van der Waals surface area contributed by atoms with Gasteiger partial charge in [0.2, 0.25) is 10.0 Å². The Kier molecular flexibility index (Phi) is 5.19. The van der Waals surface area contributed by atoms with Crippen molar-refractivity contribution in [2.75, 3.05) is 26.2 Å². The molecule has 6 nitrogen and oxygen atoms in total. The Morgan fingerprint density at radius 2 is 1.86 bits per heavy atom. The number of nitrogens with one attached hydrogen (secondary N) is 1. The summed E-state index contributed by atoms with van der Waals surface area (Å²) in [4.78, 5) is 11.5. The van der Waals surface area contributed by atoms with E-state index in [2.05, 4.69) is 5.32 Å². The van der Waals surface area contributed by atoms with Crippen molar-refractivity contribution >= 4 is 15.9 Å². The molecule has 1 amide bonds. The fourth-order valence-corrected chi connectivity index (χ4v) is 3.70. The fraction of sp³-hybridized carbons (Fsp3) is 0.500. The minimum absolute atomic E-state index is 0.0773. The van der Waals surface area contributed by atoms with Gasteiger partial charge in [0.05, 0.1) is 4.90 Å². The van der Waals surface area contributed by atoms with Crippen LogP contribution < -0.4 is 10.1 Å². The molecule has 1 aliphatic heterocycles. The van der Waals surface area contributed by atoms with E-state index in [9.17, 15) is 13.2 Å². The topological polar surface area (TPSA) is 75.7 Å². The highest BCUT2D eigenvalue weighted by Gasteiger charge is 2.26. The maximum atomic E-state index is 12.3. The van der Waals surface area contributed by atoms with Gasteiger partial charge in [0, 0.05) is 19.6 Å². The largest absolute Gasteiger partial charge is 0.484 e. The van der Waals surface area contributed by atoms with Crippen molar-refractivity contribution in [1.29, 1.82) is 0 Å². The summed E-state index contributed by atoms with van der Waals surface area (Å²) in [7, 11) is -3.40. The molecule has 0 atom stereocenters. The van der Waals surface area contributed by atoms with Gasteiger partial charge in [-0.05, 0) is 44.0 Å². The molecule has 0 radical (unpaired) electrons. The summed E-state index contributed by atoms with van der Waals surface area (Å²) in [6, 6.07) is 6.17. The van der Waals surface area contributed by atoms with E-state index in [-0.39, 0.29) is 17.4 Å². The number of nitrogens with zero attached hydrogens (tertiary/aromatic N) is 1. The van der Waals surface area contributed by atoms with Gasteiger partial charge in [-0.15, -0.1) is 0 Å². The van der Waals surface area contributed by atoms with E-state index in [0.717, 1.165) is 12.8 Å². The Morgan fingerprint density at radius 1 is 1.24 bits per heavy atom. The lowest BCUT2D eigenvalue weighted by atomic mass is 10.3. The molecule has 0 bridgehead atoms. The average molecular weight is 312 g/mol. The molecule has 1 aromatic rings. The molecule has 2 rings (SSSR count). The summed E-state index contributed by atoms with van der Waals surface area (Å²) in [5.74, 6) is 0.271. The van der Waals surface area contributed by atoms with Crippen LogP contribution in [0.3, 0.4) is 0 Å². The van der Waals surface area contributed by atoms with Crippen LogP contribution >= 0.6 is 0 Å². The van der Waals surface area contributed by atoms with Crippen LogP contribution in [0.4, 0.5) is 0 Å². The minimum Gasteiger partial charge on any atom is -0.484 e. The second kappa shape index (κ2) is 6.91. The predicted molar refractivity (Wildman–Crippen MR) is 78.6 cm³/mol. The molecule has 116 valence electrons. The summed E-state index contributed by atoms with van der Waals surface area (Å²) in [5, 5.41) is 2.62. The van der Waals surface area contributed by atoms with Crippen molar-refractivity contribution in [3.8, 4) is 5.75 Å². The van der Waals surface area contributed by atoms with E-state index < -0.39 is 10.0 Å². The van der Waals surface area contributed by atoms with Crippen LogP contribution in [-0.2, 0) is 14.8 Å². The molecule has 1 N–H and O–H groups in total. The van der Waals surface area contributed by atoms with E-state index in [4.69, 9.17) is 4.74 Å². The van der Waals surface area contributed by atoms with E-state index in [0.29, 0.717) is 25.4 Å². The van der Waals surface area contributed by atoms with E-state index in [1.807, 2.05) is 6.92 Å². The minimum atomic E-state index is -3.40. The van der Waals surface area contributed by atoms with Crippen LogP contribution in [0.1, 0.15) is 19.8 Å². The fourth-order valence-electron chi connectivity index (χ4n) is 2.18. The third kappa shape index (κ3) is 3.95. The van der Waals surface area contributed by atoms with Crippen molar-refractivity contribution in [2.24, 2.45) is 0 Å². The smallest absolute Gasteiger partial charge is 0.257 e. The Labute approximate surface area is 125 Å². The number of benzene rings is 1. The van der Waals surface area contributed by atoms with Gasteiger partial charge in [0.25, 0.3) is 5.91 Å². The zero-order valence-corrected chi connectivity index (χ0v) is 12.9. The monoisotopic (exact) mass is 312 g/mol. The maximum absolute atomic E-state index is 12.3. The van der Waals surface area contributed by atoms with Crippen LogP contribution in [0.15, 0.2) is 29.2 Å². The first-order chi connectivity index (χ1) is 10.0. The van der Waals surface area contributed by atoms with E-state index in [1.54, 1.807) is 12.1 Å². The van der Waals surface area contributed by atoms with Gasteiger partial charge in [0.1, 0.15) is 5.75 Å². The van der Waals surface area contributed by atoms with Crippen LogP contribution in [-0.4, -0.2) is 44.9 Å². The first-order valence-electron chi connectivity index (χ1n) is 7.03. The Hall–Kier alpha value is -1.60. The summed E-state index contributed by atoms with van der Waals surface area (Å²) < 4.78 is 31.4. The highest BCUT2D eigenvalue weighted by atomic mass is 32.2. The van der Waals surface area contributed by atoms with Gasteiger partial charge < -0.3 is 10.1 Å². The van der Waals surface area contributed by atoms with Crippen LogP contribution in [0.25, 0.3) is 0 Å². The molecule has 0 aliphatic carbocycles. The Balaban J connectivity index is 2.00. The molecule has 7 heteroatoms. The third-order valence-corrected chi connectivity index (χ3v) is 5.18. The first kappa shape index (κ1) is 15.8. The lowest BCUT2D eigenvalue weighted by molar-refractivity contribution is -0.122. The van der Waals surface area contributed by atoms with Gasteiger partial charge in [-0.25, -0.2) is 8.42 Å². The van der Waals surface area contributed by atoms with Crippen LogP contribution in [0, 0.1) is 0 Å². The molecule has 0 saturated carbocycles. The molecule has 1 fully saturated rings. The zero-order valence-electron chi connectivity index (χ0n) is 12.0. The molecule has 21 heavy (non-hydrogen) atoms. The molecule has 1 aromatic carbocycles. The van der Waals surface area contributed by atoms with Crippen LogP contribution in [0.2, 0.25) is 0 Å². The number of amides is 1. The number of rotatable bonds is 6. The number of carbonyl (C=O) groups excluding carboxylic acids is 1.